The van der Waals surface area contributed by atoms with Gasteiger partial charge in [0.2, 0.25) is 0 Å². The summed E-state index contributed by atoms with van der Waals surface area (Å²) < 4.78 is 0. The predicted octanol–water partition coefficient (Wildman–Crippen LogP) is 3.12. The van der Waals surface area contributed by atoms with E-state index in [1.54, 1.807) is 0 Å². The molecule has 1 fully saturated rings. The van der Waals surface area contributed by atoms with Gasteiger partial charge in [0.1, 0.15) is 0 Å². The molecule has 0 bridgehead atoms. The van der Waals surface area contributed by atoms with Crippen molar-refractivity contribution in [1.29, 1.82) is 0 Å². The summed E-state index contributed by atoms with van der Waals surface area (Å²) in [6, 6.07) is 1.63. The van der Waals surface area contributed by atoms with E-state index in [9.17, 15) is 0 Å². The fraction of sp³-hybridized carbons (Fsp3) is 0.846. The summed E-state index contributed by atoms with van der Waals surface area (Å²) in [5, 5.41) is 3.81. The second-order valence-electron chi connectivity index (χ2n) is 4.86. The minimum Gasteiger partial charge on any atom is -0.311 e. The molecule has 1 N–H and O–H groups in total. The Morgan fingerprint density at radius 3 is 2.57 bits per heavy atom. The molecule has 0 radical (unpaired) electrons. The lowest BCUT2D eigenvalue weighted by molar-refractivity contribution is 0.255. The number of nitrogens with one attached hydrogen (secondary N) is 1. The average Bonchev–Trinajstić information content (AvgIpc) is 3.01. The molecule has 2 rings (SSSR count). The molecule has 2 aliphatic rings. The van der Waals surface area contributed by atoms with Gasteiger partial charge >= 0.3 is 0 Å². The average molecular weight is 193 g/mol. The Bertz CT molecular complexity index is 205. The van der Waals surface area contributed by atoms with Crippen molar-refractivity contribution in [3.8, 4) is 0 Å². The van der Waals surface area contributed by atoms with Crippen LogP contribution in [-0.4, -0.2) is 12.1 Å². The maximum absolute atomic E-state index is 3.81. The van der Waals surface area contributed by atoms with Crippen molar-refractivity contribution in [3.05, 3.63) is 12.2 Å². The van der Waals surface area contributed by atoms with Crippen LogP contribution in [-0.2, 0) is 0 Å². The summed E-state index contributed by atoms with van der Waals surface area (Å²) in [5.74, 6) is 1.70. The molecule has 0 aromatic carbocycles. The summed E-state index contributed by atoms with van der Waals surface area (Å²) in [6.07, 6.45) is 11.5. The van der Waals surface area contributed by atoms with Crippen molar-refractivity contribution < 1.29 is 0 Å². The monoisotopic (exact) mass is 193 g/mol. The van der Waals surface area contributed by atoms with Gasteiger partial charge in [-0.2, -0.15) is 0 Å². The van der Waals surface area contributed by atoms with Crippen LogP contribution in [0.1, 0.15) is 46.0 Å². The summed E-state index contributed by atoms with van der Waals surface area (Å²) >= 11 is 0. The Balaban J connectivity index is 1.96. The van der Waals surface area contributed by atoms with Gasteiger partial charge in [-0.25, -0.2) is 0 Å². The molecule has 3 unspecified atom stereocenters. The van der Waals surface area contributed by atoms with Crippen molar-refractivity contribution in [2.75, 3.05) is 0 Å². The molecule has 0 amide bonds. The molecule has 1 heteroatoms. The van der Waals surface area contributed by atoms with Crippen LogP contribution in [0.2, 0.25) is 0 Å². The van der Waals surface area contributed by atoms with E-state index in [-0.39, 0.29) is 0 Å². The third kappa shape index (κ3) is 2.20. The van der Waals surface area contributed by atoms with E-state index in [4.69, 9.17) is 0 Å². The molecular weight excluding hydrogens is 170 g/mol. The Labute approximate surface area is 88.0 Å². The highest BCUT2D eigenvalue weighted by atomic mass is 15.0. The van der Waals surface area contributed by atoms with Crippen LogP contribution < -0.4 is 5.32 Å². The molecule has 0 aliphatic heterocycles. The van der Waals surface area contributed by atoms with Crippen molar-refractivity contribution in [3.63, 3.8) is 0 Å². The Morgan fingerprint density at radius 1 is 1.21 bits per heavy atom. The third-order valence-corrected chi connectivity index (χ3v) is 3.81. The largest absolute Gasteiger partial charge is 0.311 e. The van der Waals surface area contributed by atoms with Gasteiger partial charge in [0.05, 0.1) is 0 Å². The molecule has 14 heavy (non-hydrogen) atoms. The first-order valence-electron chi connectivity index (χ1n) is 6.27. The second kappa shape index (κ2) is 4.48. The highest BCUT2D eigenvalue weighted by Crippen LogP contribution is 2.32. The summed E-state index contributed by atoms with van der Waals surface area (Å²) in [6.45, 7) is 4.66. The number of allylic oxidation sites excluding steroid dienone is 1. The predicted molar refractivity (Wildman–Crippen MR) is 61.3 cm³/mol. The molecule has 0 heterocycles. The lowest BCUT2D eigenvalue weighted by atomic mass is 9.77. The lowest BCUT2D eigenvalue weighted by Crippen LogP contribution is -2.41. The van der Waals surface area contributed by atoms with E-state index in [0.29, 0.717) is 0 Å². The van der Waals surface area contributed by atoms with Crippen molar-refractivity contribution in [2.24, 2.45) is 11.8 Å². The smallest absolute Gasteiger partial charge is 0.0138 e. The SMILES string of the molecule is CCC1C=CCC(NC2CC2)C1CC. The Kier molecular flexibility index (Phi) is 3.27. The molecule has 1 nitrogen and oxygen atoms in total. The fourth-order valence-corrected chi connectivity index (χ4v) is 2.79. The van der Waals surface area contributed by atoms with E-state index >= 15 is 0 Å². The quantitative estimate of drug-likeness (QED) is 0.676. The van der Waals surface area contributed by atoms with Crippen LogP contribution in [0.15, 0.2) is 12.2 Å². The Morgan fingerprint density at radius 2 is 2.00 bits per heavy atom. The molecule has 0 aromatic rings. The molecule has 2 aliphatic carbocycles. The van der Waals surface area contributed by atoms with Crippen molar-refractivity contribution in [1.82, 2.24) is 5.32 Å². The van der Waals surface area contributed by atoms with Gasteiger partial charge in [-0.3, -0.25) is 0 Å². The number of hydrogen-bond donors (Lipinski definition) is 1. The molecule has 80 valence electrons. The first kappa shape index (κ1) is 10.2. The minimum atomic E-state index is 0.766. The zero-order chi connectivity index (χ0) is 9.97. The van der Waals surface area contributed by atoms with Crippen LogP contribution in [0.4, 0.5) is 0 Å². The zero-order valence-corrected chi connectivity index (χ0v) is 9.50. The second-order valence-corrected chi connectivity index (χ2v) is 4.86. The van der Waals surface area contributed by atoms with Gasteiger partial charge in [0.15, 0.2) is 0 Å². The first-order valence-corrected chi connectivity index (χ1v) is 6.27. The molecular formula is C13H23N. The number of hydrogen-bond acceptors (Lipinski definition) is 1. The summed E-state index contributed by atoms with van der Waals surface area (Å²) in [5.41, 5.74) is 0. The first-order chi connectivity index (χ1) is 6.85. The standard InChI is InChI=1S/C13H23N/c1-3-10-6-5-7-13(12(10)4-2)14-11-8-9-11/h5-6,10-14H,3-4,7-9H2,1-2H3. The van der Waals surface area contributed by atoms with Crippen LogP contribution in [0.3, 0.4) is 0 Å². The lowest BCUT2D eigenvalue weighted by Gasteiger charge is -2.34. The molecule has 1 saturated carbocycles. The van der Waals surface area contributed by atoms with Gasteiger partial charge in [-0.15, -0.1) is 0 Å². The zero-order valence-electron chi connectivity index (χ0n) is 9.50. The maximum atomic E-state index is 3.81. The highest BCUT2D eigenvalue weighted by molar-refractivity contribution is 5.04. The normalized spacial score (nSPS) is 37.4. The number of rotatable bonds is 4. The van der Waals surface area contributed by atoms with Crippen LogP contribution >= 0.6 is 0 Å². The van der Waals surface area contributed by atoms with Gasteiger partial charge in [-0.1, -0.05) is 32.4 Å². The van der Waals surface area contributed by atoms with Gasteiger partial charge < -0.3 is 5.32 Å². The van der Waals surface area contributed by atoms with Crippen LogP contribution in [0.5, 0.6) is 0 Å². The van der Waals surface area contributed by atoms with Gasteiger partial charge in [-0.05, 0) is 37.5 Å². The minimum absolute atomic E-state index is 0.766. The topological polar surface area (TPSA) is 12.0 Å². The van der Waals surface area contributed by atoms with E-state index in [1.807, 2.05) is 0 Å². The van der Waals surface area contributed by atoms with E-state index in [1.165, 1.54) is 32.1 Å². The maximum Gasteiger partial charge on any atom is 0.0138 e. The third-order valence-electron chi connectivity index (χ3n) is 3.81. The van der Waals surface area contributed by atoms with E-state index in [2.05, 4.69) is 31.3 Å². The molecule has 3 atom stereocenters. The van der Waals surface area contributed by atoms with Crippen LogP contribution in [0, 0.1) is 11.8 Å². The molecule has 0 aromatic heterocycles. The molecule has 0 spiro atoms. The van der Waals surface area contributed by atoms with Crippen molar-refractivity contribution >= 4 is 0 Å². The van der Waals surface area contributed by atoms with Gasteiger partial charge in [0.25, 0.3) is 0 Å². The fourth-order valence-electron chi connectivity index (χ4n) is 2.79. The van der Waals surface area contributed by atoms with Crippen molar-refractivity contribution in [2.45, 2.75) is 58.0 Å². The van der Waals surface area contributed by atoms with E-state index < -0.39 is 0 Å². The molecule has 0 saturated heterocycles. The summed E-state index contributed by atoms with van der Waals surface area (Å²) in [7, 11) is 0. The van der Waals surface area contributed by atoms with Gasteiger partial charge in [0, 0.05) is 12.1 Å². The van der Waals surface area contributed by atoms with Crippen LogP contribution in [0.25, 0.3) is 0 Å². The Hall–Kier alpha value is -0.300. The highest BCUT2D eigenvalue weighted by Gasteiger charge is 2.32. The summed E-state index contributed by atoms with van der Waals surface area (Å²) in [4.78, 5) is 0. The van der Waals surface area contributed by atoms with E-state index in [0.717, 1.165) is 23.9 Å².